The van der Waals surface area contributed by atoms with E-state index >= 15 is 0 Å². The molecule has 0 aromatic heterocycles. The summed E-state index contributed by atoms with van der Waals surface area (Å²) in [5, 5.41) is 6.37. The summed E-state index contributed by atoms with van der Waals surface area (Å²) in [4.78, 5) is 11.8. The number of nitrogens with one attached hydrogen (secondary N) is 2. The molecule has 0 heterocycles. The van der Waals surface area contributed by atoms with E-state index in [2.05, 4.69) is 24.5 Å². The predicted molar refractivity (Wildman–Crippen MR) is 67.3 cm³/mol. The summed E-state index contributed by atoms with van der Waals surface area (Å²) in [7, 11) is 0. The fourth-order valence-corrected chi connectivity index (χ4v) is 1.89. The zero-order chi connectivity index (χ0) is 12.1. The van der Waals surface area contributed by atoms with Gasteiger partial charge < -0.3 is 10.6 Å². The number of carbonyl (C=O) groups excluding carboxylic acids is 1. The molecule has 0 aromatic carbocycles. The van der Waals surface area contributed by atoms with Crippen LogP contribution in [0.25, 0.3) is 0 Å². The second-order valence-corrected chi connectivity index (χ2v) is 5.29. The van der Waals surface area contributed by atoms with E-state index in [0.717, 1.165) is 12.3 Å². The molecule has 3 atom stereocenters. The second-order valence-electron chi connectivity index (χ2n) is 5.29. The van der Waals surface area contributed by atoms with Gasteiger partial charge in [0.1, 0.15) is 0 Å². The maximum absolute atomic E-state index is 11.8. The molecule has 0 radical (unpaired) electrons. The van der Waals surface area contributed by atoms with Crippen LogP contribution in [0, 0.1) is 5.92 Å². The lowest BCUT2D eigenvalue weighted by molar-refractivity contribution is -0.123. The minimum atomic E-state index is -0.0808. The van der Waals surface area contributed by atoms with Crippen LogP contribution in [0.2, 0.25) is 0 Å². The summed E-state index contributed by atoms with van der Waals surface area (Å²) < 4.78 is 0. The van der Waals surface area contributed by atoms with Gasteiger partial charge in [0.25, 0.3) is 0 Å². The van der Waals surface area contributed by atoms with Crippen LogP contribution in [0.4, 0.5) is 0 Å². The highest BCUT2D eigenvalue weighted by molar-refractivity contribution is 5.81. The molecule has 94 valence electrons. The summed E-state index contributed by atoms with van der Waals surface area (Å²) in [5.74, 6) is 1.03. The molecule has 3 heteroatoms. The highest BCUT2D eigenvalue weighted by Gasteiger charge is 2.25. The maximum atomic E-state index is 11.8. The Bertz CT molecular complexity index is 226. The van der Waals surface area contributed by atoms with Crippen molar-refractivity contribution in [2.75, 3.05) is 0 Å². The van der Waals surface area contributed by atoms with Gasteiger partial charge in [-0.15, -0.1) is 0 Å². The molecule has 0 bridgehead atoms. The Hall–Kier alpha value is -0.570. The van der Waals surface area contributed by atoms with Gasteiger partial charge in [0.2, 0.25) is 5.91 Å². The van der Waals surface area contributed by atoms with E-state index in [1.54, 1.807) is 0 Å². The molecule has 1 saturated carbocycles. The zero-order valence-corrected chi connectivity index (χ0v) is 11.0. The monoisotopic (exact) mass is 226 g/mol. The second kappa shape index (κ2) is 6.24. The van der Waals surface area contributed by atoms with Crippen molar-refractivity contribution >= 4 is 5.91 Å². The Morgan fingerprint density at radius 3 is 2.38 bits per heavy atom. The van der Waals surface area contributed by atoms with Gasteiger partial charge in [0.05, 0.1) is 6.04 Å². The highest BCUT2D eigenvalue weighted by Crippen LogP contribution is 2.33. The third kappa shape index (κ3) is 4.97. The standard InChI is InChI=1S/C13H26N2O/c1-5-9(2)15-13(16)11(4)14-10(3)8-12-6-7-12/h9-12,14H,5-8H2,1-4H3,(H,15,16). The van der Waals surface area contributed by atoms with Gasteiger partial charge in [-0.1, -0.05) is 19.8 Å². The largest absolute Gasteiger partial charge is 0.352 e. The van der Waals surface area contributed by atoms with Crippen molar-refractivity contribution < 1.29 is 4.79 Å². The number of hydrogen-bond donors (Lipinski definition) is 2. The van der Waals surface area contributed by atoms with Crippen LogP contribution in [0.3, 0.4) is 0 Å². The van der Waals surface area contributed by atoms with E-state index in [0.29, 0.717) is 6.04 Å². The lowest BCUT2D eigenvalue weighted by atomic mass is 10.1. The van der Waals surface area contributed by atoms with Crippen molar-refractivity contribution in [1.29, 1.82) is 0 Å². The highest BCUT2D eigenvalue weighted by atomic mass is 16.2. The minimum absolute atomic E-state index is 0.0808. The lowest BCUT2D eigenvalue weighted by Crippen LogP contribution is -2.48. The van der Waals surface area contributed by atoms with Crippen molar-refractivity contribution in [3.05, 3.63) is 0 Å². The predicted octanol–water partition coefficient (Wildman–Crippen LogP) is 2.07. The molecule has 2 N–H and O–H groups in total. The Morgan fingerprint density at radius 1 is 1.25 bits per heavy atom. The number of rotatable bonds is 7. The average molecular weight is 226 g/mol. The summed E-state index contributed by atoms with van der Waals surface area (Å²) in [6, 6.07) is 0.642. The van der Waals surface area contributed by atoms with Crippen LogP contribution in [-0.4, -0.2) is 24.0 Å². The zero-order valence-electron chi connectivity index (χ0n) is 11.0. The maximum Gasteiger partial charge on any atom is 0.237 e. The van der Waals surface area contributed by atoms with E-state index in [9.17, 15) is 4.79 Å². The SMILES string of the molecule is CCC(C)NC(=O)C(C)NC(C)CC1CC1. The fourth-order valence-electron chi connectivity index (χ4n) is 1.89. The molecule has 3 unspecified atom stereocenters. The molecular formula is C13H26N2O. The van der Waals surface area contributed by atoms with E-state index in [4.69, 9.17) is 0 Å². The van der Waals surface area contributed by atoms with E-state index in [-0.39, 0.29) is 18.0 Å². The Morgan fingerprint density at radius 2 is 1.88 bits per heavy atom. The van der Waals surface area contributed by atoms with Gasteiger partial charge in [0, 0.05) is 12.1 Å². The first kappa shape index (κ1) is 13.5. The van der Waals surface area contributed by atoms with Crippen molar-refractivity contribution in [3.63, 3.8) is 0 Å². The fraction of sp³-hybridized carbons (Fsp3) is 0.923. The number of hydrogen-bond acceptors (Lipinski definition) is 2. The van der Waals surface area contributed by atoms with Gasteiger partial charge >= 0.3 is 0 Å². The molecule has 1 amide bonds. The van der Waals surface area contributed by atoms with Crippen molar-refractivity contribution in [3.8, 4) is 0 Å². The molecule has 3 nitrogen and oxygen atoms in total. The lowest BCUT2D eigenvalue weighted by Gasteiger charge is -2.21. The molecule has 0 aromatic rings. The Labute approximate surface area is 99.4 Å². The molecule has 1 fully saturated rings. The van der Waals surface area contributed by atoms with E-state index in [1.807, 2.05) is 13.8 Å². The van der Waals surface area contributed by atoms with Gasteiger partial charge in [-0.2, -0.15) is 0 Å². The van der Waals surface area contributed by atoms with Gasteiger partial charge in [-0.3, -0.25) is 4.79 Å². The summed E-state index contributed by atoms with van der Waals surface area (Å²) >= 11 is 0. The van der Waals surface area contributed by atoms with E-state index < -0.39 is 0 Å². The van der Waals surface area contributed by atoms with Gasteiger partial charge in [-0.25, -0.2) is 0 Å². The Kier molecular flexibility index (Phi) is 5.26. The van der Waals surface area contributed by atoms with Crippen LogP contribution in [0.15, 0.2) is 0 Å². The summed E-state index contributed by atoms with van der Waals surface area (Å²) in [5.41, 5.74) is 0. The molecular weight excluding hydrogens is 200 g/mol. The van der Waals surface area contributed by atoms with Crippen LogP contribution >= 0.6 is 0 Å². The molecule has 0 aliphatic heterocycles. The molecule has 1 aliphatic carbocycles. The van der Waals surface area contributed by atoms with Crippen LogP contribution < -0.4 is 10.6 Å². The molecule has 1 aliphatic rings. The van der Waals surface area contributed by atoms with Crippen molar-refractivity contribution in [2.45, 2.75) is 71.5 Å². The minimum Gasteiger partial charge on any atom is -0.352 e. The Balaban J connectivity index is 2.20. The molecule has 0 spiro atoms. The van der Waals surface area contributed by atoms with Crippen molar-refractivity contribution in [2.24, 2.45) is 5.92 Å². The third-order valence-electron chi connectivity index (χ3n) is 3.31. The first-order valence-corrected chi connectivity index (χ1v) is 6.59. The van der Waals surface area contributed by atoms with E-state index in [1.165, 1.54) is 19.3 Å². The van der Waals surface area contributed by atoms with Crippen LogP contribution in [-0.2, 0) is 4.79 Å². The molecule has 1 rings (SSSR count). The third-order valence-corrected chi connectivity index (χ3v) is 3.31. The first-order chi connectivity index (χ1) is 7.52. The molecule has 0 saturated heterocycles. The van der Waals surface area contributed by atoms with Crippen LogP contribution in [0.5, 0.6) is 0 Å². The van der Waals surface area contributed by atoms with Gasteiger partial charge in [-0.05, 0) is 39.5 Å². The average Bonchev–Trinajstić information content (AvgIpc) is 3.00. The summed E-state index contributed by atoms with van der Waals surface area (Å²) in [6.45, 7) is 8.24. The normalized spacial score (nSPS) is 21.2. The number of amides is 1. The first-order valence-electron chi connectivity index (χ1n) is 6.59. The van der Waals surface area contributed by atoms with Gasteiger partial charge in [0.15, 0.2) is 0 Å². The summed E-state index contributed by atoms with van der Waals surface area (Å²) in [6.07, 6.45) is 4.94. The quantitative estimate of drug-likeness (QED) is 0.698. The topological polar surface area (TPSA) is 41.1 Å². The number of carbonyl (C=O) groups is 1. The van der Waals surface area contributed by atoms with Crippen molar-refractivity contribution in [1.82, 2.24) is 10.6 Å². The smallest absolute Gasteiger partial charge is 0.237 e. The van der Waals surface area contributed by atoms with Crippen LogP contribution in [0.1, 0.15) is 53.4 Å². The molecule has 16 heavy (non-hydrogen) atoms.